The summed E-state index contributed by atoms with van der Waals surface area (Å²) in [6.07, 6.45) is 2.17. The fourth-order valence-corrected chi connectivity index (χ4v) is 2.58. The number of ether oxygens (including phenoxy) is 1. The average molecular weight is 290 g/mol. The van der Waals surface area contributed by atoms with E-state index in [-0.39, 0.29) is 17.9 Å². The van der Waals surface area contributed by atoms with E-state index in [0.29, 0.717) is 25.9 Å². The highest BCUT2D eigenvalue weighted by atomic mass is 16.5. The number of esters is 1. The number of nitrogens with zero attached hydrogens (tertiary/aromatic N) is 1. The van der Waals surface area contributed by atoms with Gasteiger partial charge in [0.25, 0.3) is 0 Å². The Hall–Kier alpha value is -1.88. The molecule has 1 aliphatic rings. The van der Waals surface area contributed by atoms with Gasteiger partial charge in [0, 0.05) is 31.6 Å². The minimum Gasteiger partial charge on any atom is -0.466 e. The van der Waals surface area contributed by atoms with Crippen LogP contribution in [0.1, 0.15) is 43.4 Å². The highest BCUT2D eigenvalue weighted by molar-refractivity contribution is 5.95. The normalized spacial score (nSPS) is 15.6. The minimum absolute atomic E-state index is 0.141. The molecule has 0 spiro atoms. The van der Waals surface area contributed by atoms with Crippen molar-refractivity contribution in [2.24, 2.45) is 5.73 Å². The van der Waals surface area contributed by atoms with E-state index in [1.54, 1.807) is 18.9 Å². The lowest BCUT2D eigenvalue weighted by Crippen LogP contribution is -2.31. The third kappa shape index (κ3) is 3.61. The summed E-state index contributed by atoms with van der Waals surface area (Å²) in [7, 11) is 1.79. The molecule has 1 aliphatic heterocycles. The number of anilines is 1. The highest BCUT2D eigenvalue weighted by Gasteiger charge is 2.21. The Morgan fingerprint density at radius 2 is 2.19 bits per heavy atom. The lowest BCUT2D eigenvalue weighted by molar-refractivity contribution is -0.143. The van der Waals surface area contributed by atoms with Crippen LogP contribution in [0.25, 0.3) is 0 Å². The zero-order valence-electron chi connectivity index (χ0n) is 12.6. The molecule has 1 amide bonds. The van der Waals surface area contributed by atoms with Crippen LogP contribution in [-0.4, -0.2) is 25.5 Å². The number of carbonyl (C=O) groups excluding carboxylic acids is 2. The first-order valence-electron chi connectivity index (χ1n) is 7.33. The fraction of sp³-hybridized carbons (Fsp3) is 0.500. The van der Waals surface area contributed by atoms with Crippen molar-refractivity contribution in [2.75, 3.05) is 18.6 Å². The van der Waals surface area contributed by atoms with E-state index in [9.17, 15) is 9.59 Å². The average Bonchev–Trinajstić information content (AvgIpc) is 2.48. The molecular formula is C16H22N2O3. The quantitative estimate of drug-likeness (QED) is 0.841. The molecule has 114 valence electrons. The van der Waals surface area contributed by atoms with Crippen LogP contribution in [0.2, 0.25) is 0 Å². The van der Waals surface area contributed by atoms with Crippen LogP contribution >= 0.6 is 0 Å². The molecule has 21 heavy (non-hydrogen) atoms. The molecular weight excluding hydrogens is 268 g/mol. The number of nitrogens with two attached hydrogens (primary N) is 1. The number of aryl methyl sites for hydroxylation is 1. The Bertz CT molecular complexity index is 542. The van der Waals surface area contributed by atoms with Gasteiger partial charge in [0.05, 0.1) is 6.61 Å². The molecule has 1 aromatic carbocycles. The van der Waals surface area contributed by atoms with Crippen molar-refractivity contribution in [2.45, 2.75) is 38.6 Å². The molecule has 0 aliphatic carbocycles. The van der Waals surface area contributed by atoms with Gasteiger partial charge in [0.1, 0.15) is 0 Å². The van der Waals surface area contributed by atoms with E-state index in [2.05, 4.69) is 0 Å². The second-order valence-corrected chi connectivity index (χ2v) is 5.29. The first kappa shape index (κ1) is 15.5. The Kier molecular flexibility index (Phi) is 4.96. The summed E-state index contributed by atoms with van der Waals surface area (Å²) in [5.41, 5.74) is 9.24. The van der Waals surface area contributed by atoms with Gasteiger partial charge in [-0.25, -0.2) is 0 Å². The van der Waals surface area contributed by atoms with Crippen molar-refractivity contribution < 1.29 is 14.3 Å². The molecule has 2 rings (SSSR count). The van der Waals surface area contributed by atoms with E-state index in [4.69, 9.17) is 10.5 Å². The van der Waals surface area contributed by atoms with Crippen molar-refractivity contribution in [1.29, 1.82) is 0 Å². The highest BCUT2D eigenvalue weighted by Crippen LogP contribution is 2.29. The fourth-order valence-electron chi connectivity index (χ4n) is 2.58. The van der Waals surface area contributed by atoms with Gasteiger partial charge in [-0.1, -0.05) is 12.1 Å². The van der Waals surface area contributed by atoms with Crippen LogP contribution in [0.5, 0.6) is 0 Å². The summed E-state index contributed by atoms with van der Waals surface area (Å²) in [6.45, 7) is 2.19. The first-order chi connectivity index (χ1) is 10.0. The second-order valence-electron chi connectivity index (χ2n) is 5.29. The molecule has 1 aromatic rings. The third-order valence-corrected chi connectivity index (χ3v) is 3.84. The largest absolute Gasteiger partial charge is 0.466 e. The van der Waals surface area contributed by atoms with Crippen molar-refractivity contribution in [1.82, 2.24) is 0 Å². The maximum absolute atomic E-state index is 11.7. The number of amides is 1. The van der Waals surface area contributed by atoms with E-state index in [0.717, 1.165) is 23.2 Å². The van der Waals surface area contributed by atoms with Crippen LogP contribution in [0, 0.1) is 0 Å². The molecule has 1 heterocycles. The van der Waals surface area contributed by atoms with Crippen LogP contribution < -0.4 is 10.6 Å². The number of fused-ring (bicyclic) bond motifs is 1. The number of hydrogen-bond acceptors (Lipinski definition) is 4. The maximum atomic E-state index is 11.7. The van der Waals surface area contributed by atoms with E-state index >= 15 is 0 Å². The van der Waals surface area contributed by atoms with Crippen LogP contribution in [0.4, 0.5) is 5.69 Å². The van der Waals surface area contributed by atoms with Gasteiger partial charge in [0.2, 0.25) is 5.91 Å². The smallest absolute Gasteiger partial charge is 0.305 e. The number of rotatable bonds is 5. The molecule has 1 unspecified atom stereocenters. The monoisotopic (exact) mass is 290 g/mol. The van der Waals surface area contributed by atoms with Gasteiger partial charge >= 0.3 is 5.97 Å². The molecule has 5 heteroatoms. The molecule has 1 atom stereocenters. The van der Waals surface area contributed by atoms with E-state index in [1.165, 1.54) is 0 Å². The van der Waals surface area contributed by atoms with Crippen molar-refractivity contribution in [3.63, 3.8) is 0 Å². The summed E-state index contributed by atoms with van der Waals surface area (Å²) >= 11 is 0. The lowest BCUT2D eigenvalue weighted by Gasteiger charge is -2.26. The van der Waals surface area contributed by atoms with E-state index in [1.807, 2.05) is 18.2 Å². The van der Waals surface area contributed by atoms with Crippen molar-refractivity contribution in [3.05, 3.63) is 29.3 Å². The van der Waals surface area contributed by atoms with Crippen LogP contribution in [-0.2, 0) is 20.7 Å². The number of hydrogen-bond donors (Lipinski definition) is 1. The molecule has 0 saturated carbocycles. The summed E-state index contributed by atoms with van der Waals surface area (Å²) in [4.78, 5) is 24.7. The molecule has 5 nitrogen and oxygen atoms in total. The number of carbonyl (C=O) groups is 2. The number of benzene rings is 1. The van der Waals surface area contributed by atoms with Gasteiger partial charge in [-0.3, -0.25) is 9.59 Å². The van der Waals surface area contributed by atoms with Gasteiger partial charge in [0.15, 0.2) is 0 Å². The SMILES string of the molecule is CCOC(=O)CCC(N)c1ccc2c(c1)CCC(=O)N2C. The lowest BCUT2D eigenvalue weighted by atomic mass is 9.95. The third-order valence-electron chi connectivity index (χ3n) is 3.84. The second kappa shape index (κ2) is 6.72. The Morgan fingerprint density at radius 3 is 2.90 bits per heavy atom. The predicted octanol–water partition coefficient (Wildman–Crippen LogP) is 1.94. The van der Waals surface area contributed by atoms with Gasteiger partial charge < -0.3 is 15.4 Å². The molecule has 0 radical (unpaired) electrons. The van der Waals surface area contributed by atoms with Crippen LogP contribution in [0.15, 0.2) is 18.2 Å². The van der Waals surface area contributed by atoms with Gasteiger partial charge in [-0.2, -0.15) is 0 Å². The Labute approximate surface area is 125 Å². The Balaban J connectivity index is 2.04. The first-order valence-corrected chi connectivity index (χ1v) is 7.33. The molecule has 0 bridgehead atoms. The molecule has 0 aromatic heterocycles. The maximum Gasteiger partial charge on any atom is 0.305 e. The van der Waals surface area contributed by atoms with Crippen molar-refractivity contribution in [3.8, 4) is 0 Å². The van der Waals surface area contributed by atoms with E-state index < -0.39 is 0 Å². The standard InChI is InChI=1S/C16H22N2O3/c1-3-21-16(20)9-6-13(17)11-4-7-14-12(10-11)5-8-15(19)18(14)2/h4,7,10,13H,3,5-6,8-9,17H2,1-2H3. The van der Waals surface area contributed by atoms with Gasteiger partial charge in [-0.15, -0.1) is 0 Å². The van der Waals surface area contributed by atoms with Crippen LogP contribution in [0.3, 0.4) is 0 Å². The summed E-state index contributed by atoms with van der Waals surface area (Å²) in [5, 5.41) is 0. The zero-order valence-corrected chi connectivity index (χ0v) is 12.6. The molecule has 2 N–H and O–H groups in total. The Morgan fingerprint density at radius 1 is 1.43 bits per heavy atom. The summed E-state index contributed by atoms with van der Waals surface area (Å²) in [5.74, 6) is -0.0712. The summed E-state index contributed by atoms with van der Waals surface area (Å²) < 4.78 is 4.91. The minimum atomic E-state index is -0.212. The molecule has 0 saturated heterocycles. The predicted molar refractivity (Wildman–Crippen MR) is 81.0 cm³/mol. The summed E-state index contributed by atoms with van der Waals surface area (Å²) in [6, 6.07) is 5.73. The molecule has 0 fully saturated rings. The van der Waals surface area contributed by atoms with Crippen molar-refractivity contribution >= 4 is 17.6 Å². The topological polar surface area (TPSA) is 72.6 Å². The van der Waals surface area contributed by atoms with Gasteiger partial charge in [-0.05, 0) is 37.0 Å². The zero-order chi connectivity index (χ0) is 15.4.